The van der Waals surface area contributed by atoms with E-state index in [-0.39, 0.29) is 5.41 Å². The van der Waals surface area contributed by atoms with Crippen molar-refractivity contribution >= 4 is 0 Å². The van der Waals surface area contributed by atoms with Crippen LogP contribution < -0.4 is 5.32 Å². The highest BCUT2D eigenvalue weighted by atomic mass is 15.4. The maximum Gasteiger partial charge on any atom is 0.0870 e. The Balaban J connectivity index is 1.68. The van der Waals surface area contributed by atoms with Crippen molar-refractivity contribution in [1.82, 2.24) is 30.5 Å². The van der Waals surface area contributed by atoms with E-state index in [2.05, 4.69) is 58.9 Å². The van der Waals surface area contributed by atoms with Crippen molar-refractivity contribution in [2.75, 3.05) is 13.1 Å². The molecule has 6 heteroatoms. The Labute approximate surface area is 125 Å². The molecular weight excluding hydrogens is 264 g/mol. The molecule has 1 aliphatic heterocycles. The van der Waals surface area contributed by atoms with Crippen LogP contribution in [-0.2, 0) is 12.0 Å². The van der Waals surface area contributed by atoms with E-state index in [0.717, 1.165) is 30.2 Å². The molecule has 1 aliphatic rings. The zero-order valence-electron chi connectivity index (χ0n) is 13.1. The fourth-order valence-corrected chi connectivity index (χ4v) is 2.68. The monoisotopic (exact) mass is 288 g/mol. The lowest BCUT2D eigenvalue weighted by atomic mass is 9.92. The molecular formula is C15H24N6. The molecule has 0 radical (unpaired) electrons. The van der Waals surface area contributed by atoms with E-state index in [1.54, 1.807) is 0 Å². The van der Waals surface area contributed by atoms with E-state index in [4.69, 9.17) is 0 Å². The van der Waals surface area contributed by atoms with Crippen molar-refractivity contribution in [3.05, 3.63) is 29.3 Å². The van der Waals surface area contributed by atoms with Crippen LogP contribution in [0.1, 0.15) is 56.6 Å². The van der Waals surface area contributed by atoms with Crippen LogP contribution in [0.15, 0.2) is 12.3 Å². The third-order valence-corrected chi connectivity index (χ3v) is 4.00. The van der Waals surface area contributed by atoms with E-state index in [1.165, 1.54) is 12.8 Å². The first-order valence-electron chi connectivity index (χ1n) is 7.68. The third kappa shape index (κ3) is 3.32. The standard InChI is InChI=1S/C15H24N6/c1-15(2,3)14-7-12(17-19-14)9-21-10-13(18-20-21)11-5-4-6-16-8-11/h7,10-11,16H,4-6,8-9H2,1-3H3,(H,17,19). The molecule has 0 spiro atoms. The second-order valence-corrected chi connectivity index (χ2v) is 6.91. The van der Waals surface area contributed by atoms with Gasteiger partial charge in [-0.1, -0.05) is 26.0 Å². The summed E-state index contributed by atoms with van der Waals surface area (Å²) in [5, 5.41) is 19.5. The number of H-pyrrole nitrogens is 1. The highest BCUT2D eigenvalue weighted by molar-refractivity contribution is 5.16. The molecule has 3 rings (SSSR count). The highest BCUT2D eigenvalue weighted by Crippen LogP contribution is 2.22. The molecule has 114 valence electrons. The molecule has 0 aliphatic carbocycles. The number of piperidine rings is 1. The molecule has 2 N–H and O–H groups in total. The van der Waals surface area contributed by atoms with Gasteiger partial charge in [0.1, 0.15) is 0 Å². The molecule has 0 bridgehead atoms. The number of hydrogen-bond donors (Lipinski definition) is 2. The van der Waals surface area contributed by atoms with Crippen LogP contribution in [-0.4, -0.2) is 38.3 Å². The third-order valence-electron chi connectivity index (χ3n) is 4.00. The van der Waals surface area contributed by atoms with Gasteiger partial charge in [0.25, 0.3) is 0 Å². The van der Waals surface area contributed by atoms with Crippen LogP contribution in [0, 0.1) is 0 Å². The topological polar surface area (TPSA) is 71.4 Å². The van der Waals surface area contributed by atoms with Gasteiger partial charge in [0.15, 0.2) is 0 Å². The lowest BCUT2D eigenvalue weighted by Crippen LogP contribution is -2.28. The minimum atomic E-state index is 0.0655. The fourth-order valence-electron chi connectivity index (χ4n) is 2.68. The zero-order chi connectivity index (χ0) is 14.9. The summed E-state index contributed by atoms with van der Waals surface area (Å²) >= 11 is 0. The molecule has 1 unspecified atom stereocenters. The molecule has 21 heavy (non-hydrogen) atoms. The predicted molar refractivity (Wildman–Crippen MR) is 81.3 cm³/mol. The summed E-state index contributed by atoms with van der Waals surface area (Å²) in [6.45, 7) is 9.31. The van der Waals surface area contributed by atoms with Gasteiger partial charge in [0.2, 0.25) is 0 Å². The van der Waals surface area contributed by atoms with Crippen LogP contribution in [0.5, 0.6) is 0 Å². The van der Waals surface area contributed by atoms with Gasteiger partial charge in [0.05, 0.1) is 23.6 Å². The number of hydrogen-bond acceptors (Lipinski definition) is 4. The summed E-state index contributed by atoms with van der Waals surface area (Å²) in [6, 6.07) is 2.11. The van der Waals surface area contributed by atoms with Crippen molar-refractivity contribution in [1.29, 1.82) is 0 Å². The fraction of sp³-hybridized carbons (Fsp3) is 0.667. The van der Waals surface area contributed by atoms with Gasteiger partial charge < -0.3 is 5.32 Å². The van der Waals surface area contributed by atoms with Gasteiger partial charge in [-0.05, 0) is 25.5 Å². The van der Waals surface area contributed by atoms with Crippen molar-refractivity contribution in [3.8, 4) is 0 Å². The van der Waals surface area contributed by atoms with Crippen LogP contribution in [0.3, 0.4) is 0 Å². The molecule has 6 nitrogen and oxygen atoms in total. The Morgan fingerprint density at radius 1 is 1.38 bits per heavy atom. The van der Waals surface area contributed by atoms with Gasteiger partial charge in [0, 0.05) is 24.1 Å². The molecule has 3 heterocycles. The number of rotatable bonds is 3. The van der Waals surface area contributed by atoms with Crippen molar-refractivity contribution < 1.29 is 0 Å². The minimum Gasteiger partial charge on any atom is -0.316 e. The number of aromatic amines is 1. The van der Waals surface area contributed by atoms with Crippen LogP contribution in [0.4, 0.5) is 0 Å². The van der Waals surface area contributed by atoms with E-state index in [0.29, 0.717) is 12.5 Å². The van der Waals surface area contributed by atoms with E-state index in [1.807, 2.05) is 4.68 Å². The minimum absolute atomic E-state index is 0.0655. The summed E-state index contributed by atoms with van der Waals surface area (Å²) in [5.74, 6) is 0.499. The van der Waals surface area contributed by atoms with E-state index < -0.39 is 0 Å². The summed E-state index contributed by atoms with van der Waals surface area (Å²) in [7, 11) is 0. The van der Waals surface area contributed by atoms with Crippen LogP contribution >= 0.6 is 0 Å². The average Bonchev–Trinajstić information content (AvgIpc) is 3.09. The highest BCUT2D eigenvalue weighted by Gasteiger charge is 2.19. The smallest absolute Gasteiger partial charge is 0.0870 e. The summed E-state index contributed by atoms with van der Waals surface area (Å²) in [5.41, 5.74) is 3.31. The molecule has 1 saturated heterocycles. The number of nitrogens with one attached hydrogen (secondary N) is 2. The predicted octanol–water partition coefficient (Wildman–Crippen LogP) is 1.81. The quantitative estimate of drug-likeness (QED) is 0.903. The molecule has 1 fully saturated rings. The summed E-state index contributed by atoms with van der Waals surface area (Å²) in [6.07, 6.45) is 4.48. The van der Waals surface area contributed by atoms with Crippen LogP contribution in [0.2, 0.25) is 0 Å². The molecule has 0 aromatic carbocycles. The first-order chi connectivity index (χ1) is 10.0. The van der Waals surface area contributed by atoms with Crippen molar-refractivity contribution in [2.45, 2.75) is 51.5 Å². The Bertz CT molecular complexity index is 585. The maximum absolute atomic E-state index is 4.38. The second kappa shape index (κ2) is 5.60. The second-order valence-electron chi connectivity index (χ2n) is 6.91. The summed E-state index contributed by atoms with van der Waals surface area (Å²) < 4.78 is 1.89. The Morgan fingerprint density at radius 2 is 2.24 bits per heavy atom. The zero-order valence-corrected chi connectivity index (χ0v) is 13.1. The molecule has 0 saturated carbocycles. The molecule has 1 atom stereocenters. The summed E-state index contributed by atoms with van der Waals surface area (Å²) in [4.78, 5) is 0. The Kier molecular flexibility index (Phi) is 3.80. The van der Waals surface area contributed by atoms with Gasteiger partial charge in [-0.15, -0.1) is 5.10 Å². The normalized spacial score (nSPS) is 19.9. The number of nitrogens with zero attached hydrogens (tertiary/aromatic N) is 4. The van der Waals surface area contributed by atoms with E-state index >= 15 is 0 Å². The first kappa shape index (κ1) is 14.3. The first-order valence-corrected chi connectivity index (χ1v) is 7.68. The number of aromatic nitrogens is 5. The SMILES string of the molecule is CC(C)(C)c1cc(Cn2cc(C3CCCNC3)nn2)[nH]n1. The van der Waals surface area contributed by atoms with Gasteiger partial charge >= 0.3 is 0 Å². The van der Waals surface area contributed by atoms with Gasteiger partial charge in [-0.3, -0.25) is 5.10 Å². The largest absolute Gasteiger partial charge is 0.316 e. The van der Waals surface area contributed by atoms with Gasteiger partial charge in [-0.2, -0.15) is 5.10 Å². The molecule has 2 aromatic heterocycles. The Hall–Kier alpha value is -1.69. The van der Waals surface area contributed by atoms with Crippen LogP contribution in [0.25, 0.3) is 0 Å². The lowest BCUT2D eigenvalue weighted by molar-refractivity contribution is 0.454. The molecule has 2 aromatic rings. The van der Waals surface area contributed by atoms with Crippen molar-refractivity contribution in [2.24, 2.45) is 0 Å². The van der Waals surface area contributed by atoms with E-state index in [9.17, 15) is 0 Å². The maximum atomic E-state index is 4.38. The van der Waals surface area contributed by atoms with Crippen molar-refractivity contribution in [3.63, 3.8) is 0 Å². The lowest BCUT2D eigenvalue weighted by Gasteiger charge is -2.20. The average molecular weight is 288 g/mol. The molecule has 0 amide bonds. The van der Waals surface area contributed by atoms with Gasteiger partial charge in [-0.25, -0.2) is 4.68 Å². The Morgan fingerprint density at radius 3 is 2.90 bits per heavy atom.